The quantitative estimate of drug-likeness (QED) is 0.449. The van der Waals surface area contributed by atoms with Crippen LogP contribution in [-0.2, 0) is 4.74 Å². The third-order valence-electron chi connectivity index (χ3n) is 3.34. The smallest absolute Gasteiger partial charge is 0.338 e. The SMILES string of the molecule is CC(C)COC(=O)c1ccc(Nc2ccc([N+](=O)[O-])cc2[N+](=O)[O-])cc1. The Hall–Kier alpha value is -3.49. The Morgan fingerprint density at radius 3 is 2.27 bits per heavy atom. The zero-order chi connectivity index (χ0) is 19.3. The number of hydrogen-bond acceptors (Lipinski definition) is 7. The van der Waals surface area contributed by atoms with Gasteiger partial charge in [0.2, 0.25) is 0 Å². The lowest BCUT2D eigenvalue weighted by molar-refractivity contribution is -0.393. The van der Waals surface area contributed by atoms with Crippen LogP contribution in [0.25, 0.3) is 0 Å². The van der Waals surface area contributed by atoms with Crippen LogP contribution in [-0.4, -0.2) is 22.4 Å². The maximum absolute atomic E-state index is 11.9. The van der Waals surface area contributed by atoms with Gasteiger partial charge in [-0.25, -0.2) is 4.79 Å². The molecule has 0 fully saturated rings. The molecule has 0 aliphatic heterocycles. The number of non-ortho nitro benzene ring substituents is 1. The number of anilines is 2. The van der Waals surface area contributed by atoms with Crippen molar-refractivity contribution in [3.8, 4) is 0 Å². The lowest BCUT2D eigenvalue weighted by Gasteiger charge is -2.09. The Morgan fingerprint density at radius 1 is 1.08 bits per heavy atom. The predicted octanol–water partition coefficient (Wildman–Crippen LogP) is 4.06. The molecule has 0 radical (unpaired) electrons. The third kappa shape index (κ3) is 4.76. The van der Waals surface area contributed by atoms with Crippen molar-refractivity contribution in [1.82, 2.24) is 0 Å². The van der Waals surface area contributed by atoms with Gasteiger partial charge < -0.3 is 10.1 Å². The molecule has 0 heterocycles. The number of carbonyl (C=O) groups is 1. The summed E-state index contributed by atoms with van der Waals surface area (Å²) in [4.78, 5) is 32.4. The standard InChI is InChI=1S/C17H17N3O6/c1-11(2)10-26-17(21)12-3-5-13(6-4-12)18-15-8-7-14(19(22)23)9-16(15)20(24)25/h3-9,11,18H,10H2,1-2H3. The van der Waals surface area contributed by atoms with Crippen molar-refractivity contribution in [2.75, 3.05) is 11.9 Å². The van der Waals surface area contributed by atoms with E-state index < -0.39 is 21.5 Å². The van der Waals surface area contributed by atoms with Gasteiger partial charge in [0.15, 0.2) is 0 Å². The van der Waals surface area contributed by atoms with E-state index in [2.05, 4.69) is 5.32 Å². The predicted molar refractivity (Wildman–Crippen MR) is 94.6 cm³/mol. The lowest BCUT2D eigenvalue weighted by Crippen LogP contribution is -2.10. The number of benzene rings is 2. The minimum absolute atomic E-state index is 0.107. The van der Waals surface area contributed by atoms with E-state index in [9.17, 15) is 25.0 Å². The van der Waals surface area contributed by atoms with Crippen LogP contribution in [0.5, 0.6) is 0 Å². The van der Waals surface area contributed by atoms with Gasteiger partial charge in [-0.05, 0) is 36.2 Å². The Morgan fingerprint density at radius 2 is 1.73 bits per heavy atom. The molecular weight excluding hydrogens is 342 g/mol. The van der Waals surface area contributed by atoms with Crippen LogP contribution >= 0.6 is 0 Å². The van der Waals surface area contributed by atoms with Gasteiger partial charge in [-0.2, -0.15) is 0 Å². The second kappa shape index (κ2) is 8.06. The van der Waals surface area contributed by atoms with Crippen LogP contribution < -0.4 is 5.32 Å². The van der Waals surface area contributed by atoms with Crippen LogP contribution in [0.15, 0.2) is 42.5 Å². The highest BCUT2D eigenvalue weighted by molar-refractivity contribution is 5.90. The Balaban J connectivity index is 2.17. The van der Waals surface area contributed by atoms with Gasteiger partial charge in [-0.15, -0.1) is 0 Å². The van der Waals surface area contributed by atoms with E-state index >= 15 is 0 Å². The number of ether oxygens (including phenoxy) is 1. The molecule has 26 heavy (non-hydrogen) atoms. The lowest BCUT2D eigenvalue weighted by atomic mass is 10.2. The van der Waals surface area contributed by atoms with Crippen molar-refractivity contribution in [2.45, 2.75) is 13.8 Å². The third-order valence-corrected chi connectivity index (χ3v) is 3.34. The zero-order valence-electron chi connectivity index (χ0n) is 14.2. The Bertz CT molecular complexity index is 833. The summed E-state index contributed by atoms with van der Waals surface area (Å²) in [6.07, 6.45) is 0. The minimum atomic E-state index is -0.701. The summed E-state index contributed by atoms with van der Waals surface area (Å²) in [5, 5.41) is 24.7. The highest BCUT2D eigenvalue weighted by Gasteiger charge is 2.19. The summed E-state index contributed by atoms with van der Waals surface area (Å²) in [7, 11) is 0. The molecule has 0 amide bonds. The molecule has 0 saturated heterocycles. The highest BCUT2D eigenvalue weighted by Crippen LogP contribution is 2.31. The van der Waals surface area contributed by atoms with Gasteiger partial charge in [0.1, 0.15) is 5.69 Å². The van der Waals surface area contributed by atoms with Crippen LogP contribution in [0.3, 0.4) is 0 Å². The summed E-state index contributed by atoms with van der Waals surface area (Å²) in [5.74, 6) is -0.228. The largest absolute Gasteiger partial charge is 0.462 e. The molecule has 0 atom stereocenters. The maximum atomic E-state index is 11.9. The van der Waals surface area contributed by atoms with Crippen molar-refractivity contribution in [2.24, 2.45) is 5.92 Å². The fourth-order valence-corrected chi connectivity index (χ4v) is 2.06. The van der Waals surface area contributed by atoms with E-state index in [1.807, 2.05) is 13.8 Å². The number of nitrogens with zero attached hydrogens (tertiary/aromatic N) is 2. The number of nitro benzene ring substituents is 2. The van der Waals surface area contributed by atoms with E-state index in [1.54, 1.807) is 12.1 Å². The molecule has 1 N–H and O–H groups in total. The first-order valence-corrected chi connectivity index (χ1v) is 7.75. The molecule has 0 bridgehead atoms. The average molecular weight is 359 g/mol. The monoisotopic (exact) mass is 359 g/mol. The van der Waals surface area contributed by atoms with Crippen LogP contribution in [0, 0.1) is 26.1 Å². The van der Waals surface area contributed by atoms with Gasteiger partial charge in [0, 0.05) is 11.8 Å². The van der Waals surface area contributed by atoms with E-state index in [4.69, 9.17) is 4.74 Å². The molecule has 136 valence electrons. The van der Waals surface area contributed by atoms with Crippen LogP contribution in [0.4, 0.5) is 22.7 Å². The second-order valence-corrected chi connectivity index (χ2v) is 5.91. The van der Waals surface area contributed by atoms with Gasteiger partial charge >= 0.3 is 5.97 Å². The fraction of sp³-hybridized carbons (Fsp3) is 0.235. The van der Waals surface area contributed by atoms with E-state index in [0.29, 0.717) is 17.9 Å². The van der Waals surface area contributed by atoms with Gasteiger partial charge in [0.25, 0.3) is 11.4 Å². The summed E-state index contributed by atoms with van der Waals surface area (Å²) >= 11 is 0. The molecule has 0 spiro atoms. The van der Waals surface area contributed by atoms with Gasteiger partial charge in [0.05, 0.1) is 28.1 Å². The summed E-state index contributed by atoms with van der Waals surface area (Å²) in [6.45, 7) is 4.17. The number of carbonyl (C=O) groups excluding carboxylic acids is 1. The van der Waals surface area contributed by atoms with Crippen molar-refractivity contribution in [3.63, 3.8) is 0 Å². The van der Waals surface area contributed by atoms with E-state index in [0.717, 1.165) is 6.07 Å². The number of hydrogen-bond donors (Lipinski definition) is 1. The van der Waals surface area contributed by atoms with E-state index in [-0.39, 0.29) is 17.3 Å². The Kier molecular flexibility index (Phi) is 5.84. The topological polar surface area (TPSA) is 125 Å². The highest BCUT2D eigenvalue weighted by atomic mass is 16.6. The molecule has 0 aromatic heterocycles. The summed E-state index contributed by atoms with van der Waals surface area (Å²) in [5.41, 5.74) is 0.164. The minimum Gasteiger partial charge on any atom is -0.462 e. The second-order valence-electron chi connectivity index (χ2n) is 5.91. The first-order valence-electron chi connectivity index (χ1n) is 7.75. The fourth-order valence-electron chi connectivity index (χ4n) is 2.06. The Labute approximate surface area is 148 Å². The molecule has 9 nitrogen and oxygen atoms in total. The first kappa shape index (κ1) is 18.8. The average Bonchev–Trinajstić information content (AvgIpc) is 2.60. The molecular formula is C17H17N3O6. The number of nitro groups is 2. The summed E-state index contributed by atoms with van der Waals surface area (Å²) in [6, 6.07) is 9.52. The van der Waals surface area contributed by atoms with Crippen LogP contribution in [0.1, 0.15) is 24.2 Å². The number of esters is 1. The molecule has 0 aliphatic carbocycles. The first-order chi connectivity index (χ1) is 12.3. The number of nitrogens with one attached hydrogen (secondary N) is 1. The van der Waals surface area contributed by atoms with E-state index in [1.165, 1.54) is 24.3 Å². The molecule has 0 saturated carbocycles. The maximum Gasteiger partial charge on any atom is 0.338 e. The number of rotatable bonds is 7. The molecule has 0 aliphatic rings. The zero-order valence-corrected chi connectivity index (χ0v) is 14.2. The van der Waals surface area contributed by atoms with Crippen molar-refractivity contribution >= 4 is 28.7 Å². The molecule has 9 heteroatoms. The van der Waals surface area contributed by atoms with Crippen molar-refractivity contribution in [3.05, 3.63) is 68.3 Å². The molecule has 2 aromatic rings. The molecule has 2 aromatic carbocycles. The normalized spacial score (nSPS) is 10.4. The van der Waals surface area contributed by atoms with Crippen molar-refractivity contribution < 1.29 is 19.4 Å². The molecule has 0 unspecified atom stereocenters. The van der Waals surface area contributed by atoms with Gasteiger partial charge in [-0.3, -0.25) is 20.2 Å². The van der Waals surface area contributed by atoms with Gasteiger partial charge in [-0.1, -0.05) is 13.8 Å². The van der Waals surface area contributed by atoms with Crippen molar-refractivity contribution in [1.29, 1.82) is 0 Å². The van der Waals surface area contributed by atoms with Crippen LogP contribution in [0.2, 0.25) is 0 Å². The molecule has 2 rings (SSSR count). The summed E-state index contributed by atoms with van der Waals surface area (Å²) < 4.78 is 5.12.